The Morgan fingerprint density at radius 2 is 1.57 bits per heavy atom. The zero-order valence-corrected chi connectivity index (χ0v) is 29.8. The van der Waals surface area contributed by atoms with Crippen LogP contribution in [-0.4, -0.2) is 67.7 Å². The van der Waals surface area contributed by atoms with E-state index in [1.165, 1.54) is 6.07 Å². The Kier molecular flexibility index (Phi) is 8.68. The van der Waals surface area contributed by atoms with Gasteiger partial charge in [-0.3, -0.25) is 4.79 Å². The number of rotatable bonds is 7. The van der Waals surface area contributed by atoms with E-state index < -0.39 is 40.7 Å². The molecule has 0 spiro atoms. The van der Waals surface area contributed by atoms with Crippen LogP contribution < -0.4 is 19.9 Å². The number of aromatic nitrogens is 4. The first-order valence-electron chi connectivity index (χ1n) is 19.3. The molecule has 4 heterocycles. The number of nitrogens with zero attached hydrogens (tertiary/aromatic N) is 6. The molecule has 5 saturated carbocycles. The molecule has 2 aromatic heterocycles. The number of aliphatic carboxylic acids is 1. The third kappa shape index (κ3) is 5.92. The van der Waals surface area contributed by atoms with E-state index in [0.717, 1.165) is 43.9 Å². The molecular weight excluding hydrogens is 706 g/mol. The van der Waals surface area contributed by atoms with E-state index in [9.17, 15) is 27.9 Å². The van der Waals surface area contributed by atoms with Crippen molar-refractivity contribution in [1.29, 1.82) is 0 Å². The first-order chi connectivity index (χ1) is 26.0. The number of benzene rings is 1. The smallest absolute Gasteiger partial charge is 0.434 e. The molecule has 11 nitrogen and oxygen atoms in total. The second-order valence-corrected chi connectivity index (χ2v) is 16.2. The minimum atomic E-state index is -5.05. The van der Waals surface area contributed by atoms with Crippen molar-refractivity contribution in [3.63, 3.8) is 0 Å². The van der Waals surface area contributed by atoms with Gasteiger partial charge in [-0.15, -0.1) is 0 Å². The average Bonchev–Trinajstić information content (AvgIpc) is 3.26. The Hall–Kier alpha value is -4.56. The molecule has 2 N–H and O–H groups in total. The number of halogens is 4. The highest BCUT2D eigenvalue weighted by atomic mass is 19.4. The van der Waals surface area contributed by atoms with E-state index >= 15 is 4.39 Å². The molecule has 2 atom stereocenters. The predicted octanol–water partition coefficient (Wildman–Crippen LogP) is 7.05. The molecule has 6 fully saturated rings. The Balaban J connectivity index is 1.01. The summed E-state index contributed by atoms with van der Waals surface area (Å²) in [7, 11) is 0. The summed E-state index contributed by atoms with van der Waals surface area (Å²) < 4.78 is 66.8. The maximum Gasteiger partial charge on any atom is 0.434 e. The number of nitrogens with one attached hydrogen (secondary N) is 1. The molecule has 5 aliphatic carbocycles. The lowest BCUT2D eigenvalue weighted by atomic mass is 9.48. The molecular formula is C39H43F4N7O4. The number of carboxylic acids is 1. The largest absolute Gasteiger partial charge is 0.487 e. The van der Waals surface area contributed by atoms with Crippen LogP contribution in [0.4, 0.5) is 35.1 Å². The first kappa shape index (κ1) is 35.2. The van der Waals surface area contributed by atoms with Crippen molar-refractivity contribution >= 4 is 29.5 Å². The summed E-state index contributed by atoms with van der Waals surface area (Å²) in [6, 6.07) is 4.44. The van der Waals surface area contributed by atoms with E-state index in [1.807, 2.05) is 0 Å². The Labute approximate surface area is 309 Å². The van der Waals surface area contributed by atoms with Gasteiger partial charge in [0.05, 0.1) is 11.3 Å². The fourth-order valence-electron chi connectivity index (χ4n) is 11.0. The zero-order chi connectivity index (χ0) is 37.4. The lowest BCUT2D eigenvalue weighted by Crippen LogP contribution is -2.70. The maximum atomic E-state index is 16.0. The second kappa shape index (κ2) is 13.3. The minimum absolute atomic E-state index is 0.106. The summed E-state index contributed by atoms with van der Waals surface area (Å²) in [5.74, 6) is -2.58. The summed E-state index contributed by atoms with van der Waals surface area (Å²) in [6.07, 6.45) is 7.84. The van der Waals surface area contributed by atoms with Gasteiger partial charge in [-0.1, -0.05) is 19.3 Å². The van der Waals surface area contributed by atoms with Crippen LogP contribution in [0, 0.1) is 29.5 Å². The molecule has 1 aromatic carbocycles. The lowest BCUT2D eigenvalue weighted by molar-refractivity contribution is -0.163. The van der Waals surface area contributed by atoms with Gasteiger partial charge < -0.3 is 25.0 Å². The first-order valence-corrected chi connectivity index (χ1v) is 19.3. The summed E-state index contributed by atoms with van der Waals surface area (Å²) >= 11 is 0. The highest BCUT2D eigenvalue weighted by Crippen LogP contribution is 2.58. The van der Waals surface area contributed by atoms with E-state index in [1.54, 1.807) is 29.4 Å². The summed E-state index contributed by atoms with van der Waals surface area (Å²) in [5, 5.41) is 13.1. The molecule has 2 unspecified atom stereocenters. The van der Waals surface area contributed by atoms with Gasteiger partial charge >= 0.3 is 12.1 Å². The van der Waals surface area contributed by atoms with Crippen molar-refractivity contribution in [2.75, 3.05) is 22.9 Å². The molecule has 1 saturated heterocycles. The van der Waals surface area contributed by atoms with Gasteiger partial charge in [0.15, 0.2) is 17.3 Å². The van der Waals surface area contributed by atoms with Crippen LogP contribution in [0.2, 0.25) is 0 Å². The molecule has 7 aliphatic rings. The van der Waals surface area contributed by atoms with Gasteiger partial charge in [0.25, 0.3) is 5.91 Å². The highest BCUT2D eigenvalue weighted by Gasteiger charge is 2.62. The number of ether oxygens (including phenoxy) is 1. The fourth-order valence-corrected chi connectivity index (χ4v) is 11.0. The molecule has 286 valence electrons. The average molecular weight is 750 g/mol. The number of hydrogen-bond acceptors (Lipinski definition) is 9. The van der Waals surface area contributed by atoms with Crippen molar-refractivity contribution < 1.29 is 37.0 Å². The van der Waals surface area contributed by atoms with E-state index in [2.05, 4.69) is 30.2 Å². The Bertz CT molecular complexity index is 1910. The molecule has 54 heavy (non-hydrogen) atoms. The van der Waals surface area contributed by atoms with Crippen molar-refractivity contribution in [2.45, 2.75) is 107 Å². The molecule has 15 heteroatoms. The number of hydrogen-bond donors (Lipinski definition) is 2. The molecule has 2 aliphatic heterocycles. The van der Waals surface area contributed by atoms with Gasteiger partial charge in [-0.05, 0) is 86.3 Å². The molecule has 10 rings (SSSR count). The maximum absolute atomic E-state index is 16.0. The van der Waals surface area contributed by atoms with Crippen LogP contribution in [0.5, 0.6) is 5.75 Å². The van der Waals surface area contributed by atoms with E-state index in [-0.39, 0.29) is 41.6 Å². The van der Waals surface area contributed by atoms with Gasteiger partial charge in [0.2, 0.25) is 11.9 Å². The number of amides is 1. The van der Waals surface area contributed by atoms with Crippen LogP contribution in [0.3, 0.4) is 0 Å². The standard InChI is InChI=1S/C39H43F4N7O4/c40-29-19-31-27(18-32(29)54-25-7-11-49(12-8-25)36-44-9-4-10-45-36)26-5-2-1-3-6-30(26)50(31)37-46-20-28(33(47-37)39(41,42)43)34(51)48-38(35(52)53)23-14-21-13-22(16-23)17-24(38)15-21/h4,9-10,18-26,30H,1-3,5-8,11-17H2,(H,48,51)(H,52,53). The quantitative estimate of drug-likeness (QED) is 0.242. The van der Waals surface area contributed by atoms with Crippen molar-refractivity contribution in [3.8, 4) is 5.75 Å². The molecule has 4 bridgehead atoms. The molecule has 3 aromatic rings. The van der Waals surface area contributed by atoms with Crippen LogP contribution in [0.1, 0.15) is 105 Å². The van der Waals surface area contributed by atoms with Crippen molar-refractivity contribution in [1.82, 2.24) is 25.3 Å². The van der Waals surface area contributed by atoms with Crippen LogP contribution in [0.25, 0.3) is 0 Å². The number of carbonyl (C=O) groups is 2. The third-order valence-electron chi connectivity index (χ3n) is 13.2. The van der Waals surface area contributed by atoms with Gasteiger partial charge in [0, 0.05) is 62.5 Å². The Morgan fingerprint density at radius 3 is 2.24 bits per heavy atom. The van der Waals surface area contributed by atoms with Gasteiger partial charge in [-0.2, -0.15) is 13.2 Å². The SMILES string of the molecule is O=C(NC1(C(=O)O)C2CC3CC(C2)CC1C3)c1cnc(N2c3cc(F)c(OC4CCN(c5ncccn5)CC4)cc3C3CCCCCC32)nc1C(F)(F)F. The number of carboxylic acid groups (broad SMARTS) is 1. The van der Waals surface area contributed by atoms with Gasteiger partial charge in [0.1, 0.15) is 11.6 Å². The third-order valence-corrected chi connectivity index (χ3v) is 13.2. The van der Waals surface area contributed by atoms with E-state index in [0.29, 0.717) is 81.5 Å². The van der Waals surface area contributed by atoms with Gasteiger partial charge in [-0.25, -0.2) is 29.1 Å². The summed E-state index contributed by atoms with van der Waals surface area (Å²) in [6.45, 7) is 1.29. The fraction of sp³-hybridized carbons (Fsp3) is 0.590. The number of carbonyl (C=O) groups excluding carboxylic acids is 1. The number of fused-ring (bicyclic) bond motifs is 3. The number of anilines is 3. The minimum Gasteiger partial charge on any atom is -0.487 e. The summed E-state index contributed by atoms with van der Waals surface area (Å²) in [4.78, 5) is 47.3. The Morgan fingerprint density at radius 1 is 0.889 bits per heavy atom. The monoisotopic (exact) mass is 749 g/mol. The van der Waals surface area contributed by atoms with Crippen molar-refractivity contribution in [2.24, 2.45) is 23.7 Å². The molecule has 1 amide bonds. The second-order valence-electron chi connectivity index (χ2n) is 16.2. The lowest BCUT2D eigenvalue weighted by Gasteiger charge is -2.59. The topological polar surface area (TPSA) is 134 Å². The normalized spacial score (nSPS) is 30.4. The number of piperidine rings is 1. The van der Waals surface area contributed by atoms with Crippen molar-refractivity contribution in [3.05, 3.63) is 59.4 Å². The van der Waals surface area contributed by atoms with Crippen LogP contribution >= 0.6 is 0 Å². The van der Waals surface area contributed by atoms with Crippen LogP contribution in [-0.2, 0) is 11.0 Å². The zero-order valence-electron chi connectivity index (χ0n) is 29.8. The van der Waals surface area contributed by atoms with Crippen LogP contribution in [0.15, 0.2) is 36.8 Å². The predicted molar refractivity (Wildman–Crippen MR) is 188 cm³/mol. The summed E-state index contributed by atoms with van der Waals surface area (Å²) in [5.41, 5.74) is -2.75. The van der Waals surface area contributed by atoms with E-state index in [4.69, 9.17) is 4.74 Å². The highest BCUT2D eigenvalue weighted by molar-refractivity contribution is 5.99. The molecule has 0 radical (unpaired) electrons. The number of alkyl halides is 3.